The zero-order chi connectivity index (χ0) is 18.7. The van der Waals surface area contributed by atoms with E-state index in [2.05, 4.69) is 37.9 Å². The van der Waals surface area contributed by atoms with E-state index >= 15 is 0 Å². The van der Waals surface area contributed by atoms with Gasteiger partial charge in [-0.25, -0.2) is 9.97 Å². The molecule has 0 unspecified atom stereocenters. The minimum Gasteiger partial charge on any atom is -0.370 e. The van der Waals surface area contributed by atoms with Crippen LogP contribution in [0.1, 0.15) is 44.6 Å². The lowest BCUT2D eigenvalue weighted by Gasteiger charge is -2.30. The van der Waals surface area contributed by atoms with E-state index in [1.165, 1.54) is 15.8 Å². The van der Waals surface area contributed by atoms with Crippen molar-refractivity contribution < 1.29 is 4.74 Å². The second-order valence-electron chi connectivity index (χ2n) is 7.28. The first-order chi connectivity index (χ1) is 12.5. The number of nitrogens with one attached hydrogen (secondary N) is 1. The van der Waals surface area contributed by atoms with E-state index in [1.54, 1.807) is 23.1 Å². The summed E-state index contributed by atoms with van der Waals surface area (Å²) in [6.07, 6.45) is 4.06. The minimum absolute atomic E-state index is 0.126. The fraction of sp³-hybridized carbons (Fsp3) is 0.684. The van der Waals surface area contributed by atoms with Crippen LogP contribution in [0.3, 0.4) is 0 Å². The van der Waals surface area contributed by atoms with Gasteiger partial charge < -0.3 is 15.0 Å². The molecule has 0 radical (unpaired) electrons. The standard InChI is InChI=1S/C19H30N4OS2/c1-6-23(7-2)10-8-9-20-16-15-13-11-19(3,4)24-12-14(13)26-17(15)22-18(21-16)25-5/h6-12H2,1-5H3,(H,20,21,22). The molecule has 1 N–H and O–H groups in total. The lowest BCUT2D eigenvalue weighted by atomic mass is 9.94. The van der Waals surface area contributed by atoms with E-state index in [1.807, 2.05) is 6.26 Å². The summed E-state index contributed by atoms with van der Waals surface area (Å²) in [4.78, 5) is 14.4. The molecule has 26 heavy (non-hydrogen) atoms. The van der Waals surface area contributed by atoms with Crippen LogP contribution in [0.5, 0.6) is 0 Å². The number of thioether (sulfide) groups is 1. The van der Waals surface area contributed by atoms with Gasteiger partial charge in [0.25, 0.3) is 0 Å². The predicted octanol–water partition coefficient (Wildman–Crippen LogP) is 4.41. The van der Waals surface area contributed by atoms with Crippen LogP contribution >= 0.6 is 23.1 Å². The normalized spacial score (nSPS) is 16.2. The first-order valence-corrected chi connectivity index (χ1v) is 11.5. The number of nitrogens with zero attached hydrogens (tertiary/aromatic N) is 3. The highest BCUT2D eigenvalue weighted by Crippen LogP contribution is 2.41. The third-order valence-electron chi connectivity index (χ3n) is 4.93. The highest BCUT2D eigenvalue weighted by molar-refractivity contribution is 7.98. The average molecular weight is 395 g/mol. The molecule has 0 spiro atoms. The number of thiophene rings is 1. The van der Waals surface area contributed by atoms with Crippen molar-refractivity contribution in [3.8, 4) is 0 Å². The van der Waals surface area contributed by atoms with Gasteiger partial charge in [-0.2, -0.15) is 0 Å². The molecule has 5 nitrogen and oxygen atoms in total. The average Bonchev–Trinajstić information content (AvgIpc) is 2.98. The monoisotopic (exact) mass is 394 g/mol. The molecule has 0 atom stereocenters. The van der Waals surface area contributed by atoms with Crippen LogP contribution in [0, 0.1) is 0 Å². The second-order valence-corrected chi connectivity index (χ2v) is 9.13. The Kier molecular flexibility index (Phi) is 6.43. The van der Waals surface area contributed by atoms with Gasteiger partial charge in [-0.1, -0.05) is 25.6 Å². The minimum atomic E-state index is -0.126. The Morgan fingerprint density at radius 1 is 1.27 bits per heavy atom. The van der Waals surface area contributed by atoms with E-state index in [4.69, 9.17) is 14.7 Å². The molecular weight excluding hydrogens is 364 g/mol. The number of fused-ring (bicyclic) bond motifs is 3. The lowest BCUT2D eigenvalue weighted by Crippen LogP contribution is -2.31. The van der Waals surface area contributed by atoms with Crippen molar-refractivity contribution in [3.05, 3.63) is 10.4 Å². The molecule has 0 saturated heterocycles. The van der Waals surface area contributed by atoms with Gasteiger partial charge in [0.2, 0.25) is 0 Å². The quantitative estimate of drug-likeness (QED) is 0.407. The molecule has 2 aromatic rings. The van der Waals surface area contributed by atoms with Crippen molar-refractivity contribution in [1.82, 2.24) is 14.9 Å². The summed E-state index contributed by atoms with van der Waals surface area (Å²) in [7, 11) is 0. The first-order valence-electron chi connectivity index (χ1n) is 9.43. The van der Waals surface area contributed by atoms with Gasteiger partial charge in [0.05, 0.1) is 17.6 Å². The molecular formula is C19H30N4OS2. The number of ether oxygens (including phenoxy) is 1. The maximum Gasteiger partial charge on any atom is 0.190 e. The van der Waals surface area contributed by atoms with Gasteiger partial charge in [-0.3, -0.25) is 0 Å². The molecule has 3 rings (SSSR count). The van der Waals surface area contributed by atoms with Crippen LogP contribution in [0.2, 0.25) is 0 Å². The SMILES string of the molecule is CCN(CC)CCCNc1nc(SC)nc2sc3c(c12)CC(C)(C)OC3. The molecule has 0 fully saturated rings. The summed E-state index contributed by atoms with van der Waals surface area (Å²) in [5, 5.41) is 5.65. The topological polar surface area (TPSA) is 50.3 Å². The number of aromatic nitrogens is 2. The maximum absolute atomic E-state index is 6.00. The molecule has 0 aliphatic carbocycles. The molecule has 1 aliphatic heterocycles. The van der Waals surface area contributed by atoms with Crippen LogP contribution in [-0.4, -0.2) is 52.9 Å². The maximum atomic E-state index is 6.00. The van der Waals surface area contributed by atoms with E-state index in [9.17, 15) is 0 Å². The van der Waals surface area contributed by atoms with Crippen molar-refractivity contribution >= 4 is 39.1 Å². The Morgan fingerprint density at radius 3 is 2.73 bits per heavy atom. The van der Waals surface area contributed by atoms with Gasteiger partial charge in [0.1, 0.15) is 10.6 Å². The van der Waals surface area contributed by atoms with E-state index in [0.717, 1.165) is 54.8 Å². The molecule has 0 bridgehead atoms. The highest BCUT2D eigenvalue weighted by Gasteiger charge is 2.31. The largest absolute Gasteiger partial charge is 0.370 e. The molecule has 1 aliphatic rings. The van der Waals surface area contributed by atoms with Crippen molar-refractivity contribution in [1.29, 1.82) is 0 Å². The Bertz CT molecular complexity index is 756. The van der Waals surface area contributed by atoms with Gasteiger partial charge in [0, 0.05) is 17.8 Å². The van der Waals surface area contributed by atoms with Crippen molar-refractivity contribution in [2.75, 3.05) is 37.8 Å². The molecule has 2 aromatic heterocycles. The van der Waals surface area contributed by atoms with Crippen molar-refractivity contribution in [3.63, 3.8) is 0 Å². The summed E-state index contributed by atoms with van der Waals surface area (Å²) in [5.74, 6) is 0.995. The Balaban J connectivity index is 1.85. The Morgan fingerprint density at radius 2 is 2.04 bits per heavy atom. The zero-order valence-corrected chi connectivity index (χ0v) is 18.1. The van der Waals surface area contributed by atoms with Gasteiger partial charge >= 0.3 is 0 Å². The summed E-state index contributed by atoms with van der Waals surface area (Å²) < 4.78 is 6.00. The number of hydrogen-bond donors (Lipinski definition) is 1. The fourth-order valence-electron chi connectivity index (χ4n) is 3.39. The van der Waals surface area contributed by atoms with Crippen molar-refractivity contribution in [2.45, 2.75) is 57.9 Å². The van der Waals surface area contributed by atoms with Crippen LogP contribution < -0.4 is 5.32 Å². The van der Waals surface area contributed by atoms with Crippen molar-refractivity contribution in [2.24, 2.45) is 0 Å². The summed E-state index contributed by atoms with van der Waals surface area (Å²) >= 11 is 3.36. The summed E-state index contributed by atoms with van der Waals surface area (Å²) in [5.41, 5.74) is 1.25. The van der Waals surface area contributed by atoms with Gasteiger partial charge in [0.15, 0.2) is 5.16 Å². The fourth-order valence-corrected chi connectivity index (χ4v) is 4.92. The molecule has 3 heterocycles. The highest BCUT2D eigenvalue weighted by atomic mass is 32.2. The van der Waals surface area contributed by atoms with Crippen LogP contribution in [-0.2, 0) is 17.8 Å². The first kappa shape index (κ1) is 19.9. The van der Waals surface area contributed by atoms with Crippen LogP contribution in [0.25, 0.3) is 10.2 Å². The van der Waals surface area contributed by atoms with E-state index < -0.39 is 0 Å². The van der Waals surface area contributed by atoms with Crippen LogP contribution in [0.15, 0.2) is 5.16 Å². The summed E-state index contributed by atoms with van der Waals surface area (Å²) in [6.45, 7) is 13.7. The lowest BCUT2D eigenvalue weighted by molar-refractivity contribution is -0.0379. The van der Waals surface area contributed by atoms with E-state index in [-0.39, 0.29) is 5.60 Å². The third kappa shape index (κ3) is 4.32. The van der Waals surface area contributed by atoms with Crippen LogP contribution in [0.4, 0.5) is 5.82 Å². The number of rotatable bonds is 8. The number of hydrogen-bond acceptors (Lipinski definition) is 7. The second kappa shape index (κ2) is 8.42. The summed E-state index contributed by atoms with van der Waals surface area (Å²) in [6, 6.07) is 0. The number of anilines is 1. The smallest absolute Gasteiger partial charge is 0.190 e. The molecule has 7 heteroatoms. The molecule has 0 saturated carbocycles. The Hall–Kier alpha value is -0.890. The molecule has 0 amide bonds. The molecule has 0 aromatic carbocycles. The molecule has 144 valence electrons. The van der Waals surface area contributed by atoms with Gasteiger partial charge in [-0.15, -0.1) is 11.3 Å². The van der Waals surface area contributed by atoms with Gasteiger partial charge in [-0.05, 0) is 51.7 Å². The predicted molar refractivity (Wildman–Crippen MR) is 113 cm³/mol. The Labute approximate surface area is 164 Å². The zero-order valence-electron chi connectivity index (χ0n) is 16.5. The van der Waals surface area contributed by atoms with E-state index in [0.29, 0.717) is 6.61 Å². The third-order valence-corrected chi connectivity index (χ3v) is 6.58.